The van der Waals surface area contributed by atoms with Crippen molar-refractivity contribution in [1.82, 2.24) is 9.55 Å². The number of hydrogen-bond donors (Lipinski definition) is 1. The number of rotatable bonds is 7. The molecule has 148 valence electrons. The molecule has 0 aliphatic heterocycles. The Morgan fingerprint density at radius 1 is 1.04 bits per heavy atom. The molecule has 1 N–H and O–H groups in total. The highest BCUT2D eigenvalue weighted by atomic mass is 16.5. The lowest BCUT2D eigenvalue weighted by Gasteiger charge is -2.23. The highest BCUT2D eigenvalue weighted by Gasteiger charge is 2.23. The molecule has 5 nitrogen and oxygen atoms in total. The Labute approximate surface area is 165 Å². The van der Waals surface area contributed by atoms with E-state index in [4.69, 9.17) is 14.5 Å². The topological polar surface area (TPSA) is 56.5 Å². The molecule has 0 radical (unpaired) electrons. The molecule has 0 saturated heterocycles. The SMILES string of the molecule is COc1ccc(OCC(O)Cn2c(C3CCCCC3)nc3ccccc32)cc1. The van der Waals surface area contributed by atoms with Crippen molar-refractivity contribution in [2.45, 2.75) is 50.7 Å². The number of hydrogen-bond acceptors (Lipinski definition) is 4. The van der Waals surface area contributed by atoms with E-state index in [0.717, 1.165) is 28.4 Å². The molecule has 4 rings (SSSR count). The van der Waals surface area contributed by atoms with Gasteiger partial charge in [-0.25, -0.2) is 4.98 Å². The Balaban J connectivity index is 1.49. The third kappa shape index (κ3) is 4.14. The van der Waals surface area contributed by atoms with E-state index in [1.165, 1.54) is 32.1 Å². The first-order valence-electron chi connectivity index (χ1n) is 10.1. The Morgan fingerprint density at radius 2 is 1.75 bits per heavy atom. The van der Waals surface area contributed by atoms with Crippen LogP contribution in [0.3, 0.4) is 0 Å². The maximum Gasteiger partial charge on any atom is 0.119 e. The van der Waals surface area contributed by atoms with Crippen molar-refractivity contribution < 1.29 is 14.6 Å². The average molecular weight is 380 g/mol. The molecule has 1 aromatic heterocycles. The van der Waals surface area contributed by atoms with Gasteiger partial charge in [0, 0.05) is 5.92 Å². The molecule has 3 aromatic rings. The standard InChI is InChI=1S/C23H28N2O3/c1-27-19-11-13-20(14-12-19)28-16-18(26)15-25-22-10-6-5-9-21(22)24-23(25)17-7-3-2-4-8-17/h5-6,9-14,17-18,26H,2-4,7-8,15-16H2,1H3. The molecule has 28 heavy (non-hydrogen) atoms. The molecule has 0 spiro atoms. The van der Waals surface area contributed by atoms with E-state index in [0.29, 0.717) is 12.5 Å². The number of ether oxygens (including phenoxy) is 2. The number of aliphatic hydroxyl groups excluding tert-OH is 1. The molecule has 0 amide bonds. The second-order valence-electron chi connectivity index (χ2n) is 7.54. The number of imidazole rings is 1. The predicted octanol–water partition coefficient (Wildman–Crippen LogP) is 4.53. The van der Waals surface area contributed by atoms with Crippen LogP contribution < -0.4 is 9.47 Å². The fraction of sp³-hybridized carbons (Fsp3) is 0.435. The van der Waals surface area contributed by atoms with Gasteiger partial charge in [-0.15, -0.1) is 0 Å². The summed E-state index contributed by atoms with van der Waals surface area (Å²) in [5.41, 5.74) is 2.10. The molecule has 2 aromatic carbocycles. The number of aliphatic hydroxyl groups is 1. The van der Waals surface area contributed by atoms with Gasteiger partial charge in [-0.3, -0.25) is 0 Å². The molecule has 1 heterocycles. The maximum atomic E-state index is 10.7. The van der Waals surface area contributed by atoms with Crippen LogP contribution in [0, 0.1) is 0 Å². The van der Waals surface area contributed by atoms with Crippen LogP contribution in [-0.2, 0) is 6.54 Å². The predicted molar refractivity (Wildman–Crippen MR) is 110 cm³/mol. The molecule has 1 aliphatic rings. The third-order valence-corrected chi connectivity index (χ3v) is 5.55. The van der Waals surface area contributed by atoms with E-state index >= 15 is 0 Å². The first kappa shape index (κ1) is 18.8. The van der Waals surface area contributed by atoms with Gasteiger partial charge in [-0.1, -0.05) is 31.4 Å². The van der Waals surface area contributed by atoms with E-state index in [2.05, 4.69) is 16.7 Å². The number of fused-ring (bicyclic) bond motifs is 1. The number of methoxy groups -OCH3 is 1. The zero-order valence-electron chi connectivity index (χ0n) is 16.4. The molecular formula is C23H28N2O3. The minimum absolute atomic E-state index is 0.239. The summed E-state index contributed by atoms with van der Waals surface area (Å²) in [7, 11) is 1.64. The molecule has 1 aliphatic carbocycles. The number of benzene rings is 2. The van der Waals surface area contributed by atoms with E-state index in [9.17, 15) is 5.11 Å². The van der Waals surface area contributed by atoms with E-state index in [1.54, 1.807) is 7.11 Å². The summed E-state index contributed by atoms with van der Waals surface area (Å²) in [5, 5.41) is 10.7. The highest BCUT2D eigenvalue weighted by molar-refractivity contribution is 5.76. The average Bonchev–Trinajstić information content (AvgIpc) is 3.12. The van der Waals surface area contributed by atoms with Gasteiger partial charge in [-0.2, -0.15) is 0 Å². The summed E-state index contributed by atoms with van der Waals surface area (Å²) in [6.45, 7) is 0.728. The monoisotopic (exact) mass is 380 g/mol. The van der Waals surface area contributed by atoms with Crippen molar-refractivity contribution in [3.05, 3.63) is 54.4 Å². The quantitative estimate of drug-likeness (QED) is 0.654. The van der Waals surface area contributed by atoms with Crippen molar-refractivity contribution in [2.75, 3.05) is 13.7 Å². The van der Waals surface area contributed by atoms with Gasteiger partial charge >= 0.3 is 0 Å². The van der Waals surface area contributed by atoms with Crippen LogP contribution in [0.15, 0.2) is 48.5 Å². The van der Waals surface area contributed by atoms with Gasteiger partial charge in [0.25, 0.3) is 0 Å². The molecule has 1 fully saturated rings. The lowest BCUT2D eigenvalue weighted by Crippen LogP contribution is -2.25. The summed E-state index contributed by atoms with van der Waals surface area (Å²) in [6.07, 6.45) is 5.59. The Hall–Kier alpha value is -2.53. The fourth-order valence-electron chi connectivity index (χ4n) is 4.09. The Kier molecular flexibility index (Phi) is 5.81. The number of nitrogens with zero attached hydrogens (tertiary/aromatic N) is 2. The normalized spacial score (nSPS) is 16.2. The first-order valence-corrected chi connectivity index (χ1v) is 10.1. The van der Waals surface area contributed by atoms with Gasteiger partial charge < -0.3 is 19.1 Å². The summed E-state index contributed by atoms with van der Waals surface area (Å²) < 4.78 is 13.1. The molecule has 5 heteroatoms. The minimum Gasteiger partial charge on any atom is -0.497 e. The second kappa shape index (κ2) is 8.65. The van der Waals surface area contributed by atoms with Gasteiger partial charge in [0.05, 0.1) is 24.7 Å². The molecule has 0 bridgehead atoms. The van der Waals surface area contributed by atoms with Crippen LogP contribution in [-0.4, -0.2) is 34.5 Å². The lowest BCUT2D eigenvalue weighted by molar-refractivity contribution is 0.0922. The van der Waals surface area contributed by atoms with Crippen LogP contribution in [0.2, 0.25) is 0 Å². The number of aromatic nitrogens is 2. The van der Waals surface area contributed by atoms with Crippen molar-refractivity contribution in [3.63, 3.8) is 0 Å². The van der Waals surface area contributed by atoms with Crippen LogP contribution >= 0.6 is 0 Å². The van der Waals surface area contributed by atoms with Crippen LogP contribution in [0.5, 0.6) is 11.5 Å². The summed E-state index contributed by atoms with van der Waals surface area (Å²) in [5.74, 6) is 3.11. The maximum absolute atomic E-state index is 10.7. The summed E-state index contributed by atoms with van der Waals surface area (Å²) in [4.78, 5) is 4.92. The Morgan fingerprint density at radius 3 is 2.50 bits per heavy atom. The minimum atomic E-state index is -0.609. The van der Waals surface area contributed by atoms with Crippen LogP contribution in [0.25, 0.3) is 11.0 Å². The van der Waals surface area contributed by atoms with Crippen molar-refractivity contribution in [2.24, 2.45) is 0 Å². The Bertz CT molecular complexity index is 898. The van der Waals surface area contributed by atoms with Crippen molar-refractivity contribution in [1.29, 1.82) is 0 Å². The fourth-order valence-corrected chi connectivity index (χ4v) is 4.09. The van der Waals surface area contributed by atoms with Gasteiger partial charge in [-0.05, 0) is 49.2 Å². The van der Waals surface area contributed by atoms with Gasteiger partial charge in [0.1, 0.15) is 30.0 Å². The molecular weight excluding hydrogens is 352 g/mol. The summed E-state index contributed by atoms with van der Waals surface area (Å²) >= 11 is 0. The van der Waals surface area contributed by atoms with Crippen LogP contribution in [0.4, 0.5) is 0 Å². The lowest BCUT2D eigenvalue weighted by atomic mass is 9.88. The molecule has 1 saturated carbocycles. The van der Waals surface area contributed by atoms with E-state index in [1.807, 2.05) is 36.4 Å². The van der Waals surface area contributed by atoms with Crippen molar-refractivity contribution in [3.8, 4) is 11.5 Å². The van der Waals surface area contributed by atoms with Crippen molar-refractivity contribution >= 4 is 11.0 Å². The van der Waals surface area contributed by atoms with Gasteiger partial charge in [0.15, 0.2) is 0 Å². The zero-order valence-corrected chi connectivity index (χ0v) is 16.4. The first-order chi connectivity index (χ1) is 13.7. The summed E-state index contributed by atoms with van der Waals surface area (Å²) in [6, 6.07) is 15.6. The van der Waals surface area contributed by atoms with E-state index in [-0.39, 0.29) is 6.61 Å². The zero-order chi connectivity index (χ0) is 19.3. The van der Waals surface area contributed by atoms with Gasteiger partial charge in [0.2, 0.25) is 0 Å². The largest absolute Gasteiger partial charge is 0.497 e. The highest BCUT2D eigenvalue weighted by Crippen LogP contribution is 2.34. The molecule has 1 unspecified atom stereocenters. The molecule has 1 atom stereocenters. The van der Waals surface area contributed by atoms with Crippen LogP contribution in [0.1, 0.15) is 43.8 Å². The van der Waals surface area contributed by atoms with E-state index < -0.39 is 6.10 Å². The number of para-hydroxylation sites is 2. The third-order valence-electron chi connectivity index (χ3n) is 5.55. The second-order valence-corrected chi connectivity index (χ2v) is 7.54. The smallest absolute Gasteiger partial charge is 0.119 e.